The van der Waals surface area contributed by atoms with E-state index in [1.807, 2.05) is 36.1 Å². The molecule has 0 spiro atoms. The summed E-state index contributed by atoms with van der Waals surface area (Å²) in [6.45, 7) is 4.38. The fourth-order valence-electron chi connectivity index (χ4n) is 3.76. The van der Waals surface area contributed by atoms with Gasteiger partial charge in [-0.3, -0.25) is 9.97 Å². The topological polar surface area (TPSA) is 25.8 Å². The third-order valence-electron chi connectivity index (χ3n) is 5.15. The van der Waals surface area contributed by atoms with Gasteiger partial charge in [-0.1, -0.05) is 0 Å². The monoisotopic (exact) mass is 366 g/mol. The van der Waals surface area contributed by atoms with Gasteiger partial charge in [-0.2, -0.15) is 0 Å². The Kier molecular flexibility index (Phi) is 3.76. The highest BCUT2D eigenvalue weighted by atomic mass is 32.1. The second-order valence-electron chi connectivity index (χ2n) is 6.90. The van der Waals surface area contributed by atoms with Crippen molar-refractivity contribution in [2.24, 2.45) is 0 Å². The minimum Gasteiger partial charge on any atom is -0.265 e. The van der Waals surface area contributed by atoms with Gasteiger partial charge < -0.3 is 0 Å². The average Bonchev–Trinajstić information content (AvgIpc) is 3.03. The van der Waals surface area contributed by atoms with Gasteiger partial charge in [0.05, 0.1) is 0 Å². The molecule has 5 aromatic rings. The summed E-state index contributed by atoms with van der Waals surface area (Å²) in [5.74, 6) is 0. The molecular formula is C24H18N2S. The van der Waals surface area contributed by atoms with Gasteiger partial charge in [0.25, 0.3) is 0 Å². The summed E-state index contributed by atoms with van der Waals surface area (Å²) in [5, 5.41) is 2.64. The zero-order chi connectivity index (χ0) is 18.4. The van der Waals surface area contributed by atoms with E-state index in [1.54, 1.807) is 0 Å². The third kappa shape index (κ3) is 2.71. The molecular weight excluding hydrogens is 348 g/mol. The van der Waals surface area contributed by atoms with E-state index in [0.29, 0.717) is 0 Å². The Labute approximate surface area is 162 Å². The number of fused-ring (bicyclic) bond motifs is 3. The molecule has 2 nitrogen and oxygen atoms in total. The van der Waals surface area contributed by atoms with E-state index >= 15 is 0 Å². The molecule has 130 valence electrons. The van der Waals surface area contributed by atoms with Crippen LogP contribution in [0.2, 0.25) is 0 Å². The predicted molar refractivity (Wildman–Crippen MR) is 115 cm³/mol. The number of aromatic nitrogens is 2. The fourth-order valence-corrected chi connectivity index (χ4v) is 5.02. The maximum absolute atomic E-state index is 4.15. The Balaban J connectivity index is 1.80. The van der Waals surface area contributed by atoms with Crippen LogP contribution in [0.25, 0.3) is 42.4 Å². The number of thiophene rings is 1. The van der Waals surface area contributed by atoms with Crippen molar-refractivity contribution in [3.8, 4) is 22.3 Å². The number of nitrogens with zero attached hydrogens (tertiary/aromatic N) is 2. The van der Waals surface area contributed by atoms with Gasteiger partial charge in [0, 0.05) is 45.0 Å². The molecule has 0 fully saturated rings. The summed E-state index contributed by atoms with van der Waals surface area (Å²) in [4.78, 5) is 8.31. The molecule has 5 rings (SSSR count). The van der Waals surface area contributed by atoms with Gasteiger partial charge in [0.15, 0.2) is 0 Å². The van der Waals surface area contributed by atoms with E-state index in [4.69, 9.17) is 0 Å². The van der Waals surface area contributed by atoms with Crippen LogP contribution in [0.3, 0.4) is 0 Å². The van der Waals surface area contributed by atoms with Crippen LogP contribution in [0.15, 0.2) is 73.3 Å². The van der Waals surface area contributed by atoms with Crippen LogP contribution in [-0.4, -0.2) is 9.97 Å². The van der Waals surface area contributed by atoms with Crippen LogP contribution in [-0.2, 0) is 0 Å². The average molecular weight is 366 g/mol. The second kappa shape index (κ2) is 6.29. The van der Waals surface area contributed by atoms with Crippen molar-refractivity contribution in [3.05, 3.63) is 84.4 Å². The standard InChI is InChI=1S/C24H18N2S/c1-15-11-23-21(13-19(15)17-3-7-25-8-4-17)22-14-20(16(2)12-24(22)27-23)18-5-9-26-10-6-18/h3-14H,1-2H3. The molecule has 0 amide bonds. The summed E-state index contributed by atoms with van der Waals surface area (Å²) >= 11 is 1.87. The van der Waals surface area contributed by atoms with E-state index < -0.39 is 0 Å². The highest BCUT2D eigenvalue weighted by molar-refractivity contribution is 7.25. The van der Waals surface area contributed by atoms with Crippen molar-refractivity contribution in [3.63, 3.8) is 0 Å². The maximum atomic E-state index is 4.15. The lowest BCUT2D eigenvalue weighted by atomic mass is 9.96. The summed E-state index contributed by atoms with van der Waals surface area (Å²) < 4.78 is 2.68. The minimum absolute atomic E-state index is 1.21. The first-order valence-corrected chi connectivity index (χ1v) is 9.80. The number of aryl methyl sites for hydroxylation is 2. The molecule has 0 N–H and O–H groups in total. The summed E-state index contributed by atoms with van der Waals surface area (Å²) in [5.41, 5.74) is 7.57. The van der Waals surface area contributed by atoms with Crippen molar-refractivity contribution >= 4 is 31.5 Å². The van der Waals surface area contributed by atoms with Crippen LogP contribution in [0, 0.1) is 13.8 Å². The molecule has 0 saturated carbocycles. The zero-order valence-corrected chi connectivity index (χ0v) is 16.0. The van der Waals surface area contributed by atoms with Crippen molar-refractivity contribution in [1.29, 1.82) is 0 Å². The summed E-state index contributed by atoms with van der Waals surface area (Å²) in [6, 6.07) is 17.6. The van der Waals surface area contributed by atoms with Crippen molar-refractivity contribution in [1.82, 2.24) is 9.97 Å². The molecule has 3 heterocycles. The quantitative estimate of drug-likeness (QED) is 0.343. The molecule has 0 saturated heterocycles. The van der Waals surface area contributed by atoms with Gasteiger partial charge in [0.2, 0.25) is 0 Å². The minimum atomic E-state index is 1.21. The van der Waals surface area contributed by atoms with Gasteiger partial charge in [-0.15, -0.1) is 11.3 Å². The molecule has 0 atom stereocenters. The molecule has 2 aromatic carbocycles. The Bertz CT molecular complexity index is 1170. The first-order valence-electron chi connectivity index (χ1n) is 8.99. The summed E-state index contributed by atoms with van der Waals surface area (Å²) in [7, 11) is 0. The Morgan fingerprint density at radius 1 is 0.593 bits per heavy atom. The maximum Gasteiger partial charge on any atom is 0.0358 e. The van der Waals surface area contributed by atoms with Crippen molar-refractivity contribution in [2.75, 3.05) is 0 Å². The highest BCUT2D eigenvalue weighted by Gasteiger charge is 2.12. The fraction of sp³-hybridized carbons (Fsp3) is 0.0833. The Hall–Kier alpha value is -3.04. The van der Waals surface area contributed by atoms with Crippen molar-refractivity contribution in [2.45, 2.75) is 13.8 Å². The molecule has 3 heteroatoms. The summed E-state index contributed by atoms with van der Waals surface area (Å²) in [6.07, 6.45) is 7.43. The normalized spacial score (nSPS) is 11.3. The van der Waals surface area contributed by atoms with Crippen LogP contribution in [0.1, 0.15) is 11.1 Å². The van der Waals surface area contributed by atoms with E-state index in [0.717, 1.165) is 0 Å². The molecule has 3 aromatic heterocycles. The molecule has 0 unspecified atom stereocenters. The predicted octanol–water partition coefficient (Wildman–Crippen LogP) is 6.80. The Morgan fingerprint density at radius 2 is 1.00 bits per heavy atom. The number of rotatable bonds is 2. The van der Waals surface area contributed by atoms with Gasteiger partial charge in [0.1, 0.15) is 0 Å². The molecule has 0 bridgehead atoms. The molecule has 0 aliphatic heterocycles. The van der Waals surface area contributed by atoms with Gasteiger partial charge in [-0.05, 0) is 95.8 Å². The van der Waals surface area contributed by atoms with Gasteiger partial charge in [-0.25, -0.2) is 0 Å². The Morgan fingerprint density at radius 3 is 1.41 bits per heavy atom. The first kappa shape index (κ1) is 16.2. The van der Waals surface area contributed by atoms with Crippen LogP contribution >= 0.6 is 11.3 Å². The third-order valence-corrected chi connectivity index (χ3v) is 6.26. The highest BCUT2D eigenvalue weighted by Crippen LogP contribution is 2.40. The second-order valence-corrected chi connectivity index (χ2v) is 7.98. The van der Waals surface area contributed by atoms with Crippen LogP contribution in [0.5, 0.6) is 0 Å². The van der Waals surface area contributed by atoms with Gasteiger partial charge >= 0.3 is 0 Å². The smallest absolute Gasteiger partial charge is 0.0358 e. The molecule has 0 aliphatic rings. The molecule has 0 radical (unpaired) electrons. The first-order chi connectivity index (χ1) is 13.2. The van der Waals surface area contributed by atoms with E-state index in [9.17, 15) is 0 Å². The lowest BCUT2D eigenvalue weighted by molar-refractivity contribution is 1.33. The van der Waals surface area contributed by atoms with Crippen LogP contribution < -0.4 is 0 Å². The lowest BCUT2D eigenvalue weighted by Gasteiger charge is -2.08. The lowest BCUT2D eigenvalue weighted by Crippen LogP contribution is -1.85. The van der Waals surface area contributed by atoms with E-state index in [1.165, 1.54) is 53.6 Å². The molecule has 0 aliphatic carbocycles. The molecule has 27 heavy (non-hydrogen) atoms. The number of pyridine rings is 2. The van der Waals surface area contributed by atoms with E-state index in [-0.39, 0.29) is 0 Å². The van der Waals surface area contributed by atoms with Crippen LogP contribution in [0.4, 0.5) is 0 Å². The number of hydrogen-bond acceptors (Lipinski definition) is 3. The number of benzene rings is 2. The zero-order valence-electron chi connectivity index (χ0n) is 15.2. The van der Waals surface area contributed by atoms with E-state index in [2.05, 4.69) is 72.3 Å². The largest absolute Gasteiger partial charge is 0.265 e. The SMILES string of the molecule is Cc1cc2sc3cc(C)c(-c4ccncc4)cc3c2cc1-c1ccncc1. The number of hydrogen-bond donors (Lipinski definition) is 0. The van der Waals surface area contributed by atoms with Crippen molar-refractivity contribution < 1.29 is 0 Å².